The van der Waals surface area contributed by atoms with Gasteiger partial charge in [0, 0.05) is 11.1 Å². The molecule has 1 aromatic heterocycles. The molecule has 2 aromatic rings. The smallest absolute Gasteiger partial charge is 0.0926 e. The standard InChI is InChI=1S/C11H12N2OS/c14-6-10(11-7-15-8-12-11)13-9-4-2-1-3-5-9/h1-5,7-8,10,13-14H,6H2. The van der Waals surface area contributed by atoms with Crippen LogP contribution in [-0.4, -0.2) is 16.7 Å². The number of nitrogens with zero attached hydrogens (tertiary/aromatic N) is 1. The third kappa shape index (κ3) is 2.55. The molecule has 2 rings (SSSR count). The summed E-state index contributed by atoms with van der Waals surface area (Å²) < 4.78 is 0. The van der Waals surface area contributed by atoms with Gasteiger partial charge in [-0.2, -0.15) is 0 Å². The van der Waals surface area contributed by atoms with Crippen molar-refractivity contribution in [3.8, 4) is 0 Å². The molecule has 3 nitrogen and oxygen atoms in total. The van der Waals surface area contributed by atoms with Crippen LogP contribution in [0.5, 0.6) is 0 Å². The zero-order valence-electron chi connectivity index (χ0n) is 8.13. The van der Waals surface area contributed by atoms with Gasteiger partial charge in [0.2, 0.25) is 0 Å². The van der Waals surface area contributed by atoms with E-state index in [1.807, 2.05) is 35.7 Å². The number of para-hydroxylation sites is 1. The lowest BCUT2D eigenvalue weighted by molar-refractivity contribution is 0.274. The molecular weight excluding hydrogens is 208 g/mol. The van der Waals surface area contributed by atoms with Crippen molar-refractivity contribution in [3.63, 3.8) is 0 Å². The molecule has 0 fully saturated rings. The van der Waals surface area contributed by atoms with Crippen molar-refractivity contribution in [1.29, 1.82) is 0 Å². The highest BCUT2D eigenvalue weighted by Crippen LogP contribution is 2.18. The Morgan fingerprint density at radius 3 is 2.73 bits per heavy atom. The van der Waals surface area contributed by atoms with Crippen LogP contribution in [0.2, 0.25) is 0 Å². The molecule has 2 N–H and O–H groups in total. The molecule has 0 saturated heterocycles. The van der Waals surface area contributed by atoms with E-state index in [0.29, 0.717) is 0 Å². The van der Waals surface area contributed by atoms with Crippen LogP contribution < -0.4 is 5.32 Å². The van der Waals surface area contributed by atoms with Gasteiger partial charge in [-0.1, -0.05) is 18.2 Å². The van der Waals surface area contributed by atoms with Crippen LogP contribution >= 0.6 is 11.3 Å². The first-order valence-corrected chi connectivity index (χ1v) is 5.65. The van der Waals surface area contributed by atoms with E-state index in [1.165, 1.54) is 11.3 Å². The zero-order valence-corrected chi connectivity index (χ0v) is 8.95. The van der Waals surface area contributed by atoms with Crippen molar-refractivity contribution in [2.75, 3.05) is 11.9 Å². The largest absolute Gasteiger partial charge is 0.394 e. The van der Waals surface area contributed by atoms with Gasteiger partial charge < -0.3 is 10.4 Å². The van der Waals surface area contributed by atoms with Crippen LogP contribution in [0.4, 0.5) is 5.69 Å². The molecule has 15 heavy (non-hydrogen) atoms. The molecule has 4 heteroatoms. The molecule has 0 spiro atoms. The molecule has 1 aromatic carbocycles. The number of nitrogens with one attached hydrogen (secondary N) is 1. The number of aliphatic hydroxyl groups excluding tert-OH is 1. The number of hydrogen-bond acceptors (Lipinski definition) is 4. The summed E-state index contributed by atoms with van der Waals surface area (Å²) >= 11 is 1.53. The summed E-state index contributed by atoms with van der Waals surface area (Å²) in [7, 11) is 0. The summed E-state index contributed by atoms with van der Waals surface area (Å²) in [6.07, 6.45) is 0. The van der Waals surface area contributed by atoms with E-state index in [9.17, 15) is 5.11 Å². The molecule has 0 bridgehead atoms. The summed E-state index contributed by atoms with van der Waals surface area (Å²) in [6, 6.07) is 9.68. The number of anilines is 1. The topological polar surface area (TPSA) is 45.1 Å². The van der Waals surface area contributed by atoms with Gasteiger partial charge in [-0.15, -0.1) is 11.3 Å². The fourth-order valence-electron chi connectivity index (χ4n) is 1.34. The van der Waals surface area contributed by atoms with E-state index in [0.717, 1.165) is 11.4 Å². The summed E-state index contributed by atoms with van der Waals surface area (Å²) in [6.45, 7) is 0.0403. The predicted octanol–water partition coefficient (Wildman–Crippen LogP) is 2.29. The molecule has 78 valence electrons. The number of hydrogen-bond donors (Lipinski definition) is 2. The molecule has 0 radical (unpaired) electrons. The lowest BCUT2D eigenvalue weighted by atomic mass is 10.2. The average Bonchev–Trinajstić information content (AvgIpc) is 2.81. The first-order valence-electron chi connectivity index (χ1n) is 4.70. The van der Waals surface area contributed by atoms with Crippen LogP contribution in [0.1, 0.15) is 11.7 Å². The van der Waals surface area contributed by atoms with Crippen molar-refractivity contribution in [3.05, 3.63) is 46.9 Å². The van der Waals surface area contributed by atoms with Gasteiger partial charge >= 0.3 is 0 Å². The first kappa shape index (κ1) is 10.1. The van der Waals surface area contributed by atoms with E-state index < -0.39 is 0 Å². The minimum absolute atomic E-state index is 0.0403. The summed E-state index contributed by atoms with van der Waals surface area (Å²) in [4.78, 5) is 4.18. The highest BCUT2D eigenvalue weighted by Gasteiger charge is 2.11. The van der Waals surface area contributed by atoms with E-state index in [4.69, 9.17) is 0 Å². The third-order valence-corrected chi connectivity index (χ3v) is 2.71. The fraction of sp³-hybridized carbons (Fsp3) is 0.182. The van der Waals surface area contributed by atoms with Gasteiger partial charge in [0.25, 0.3) is 0 Å². The predicted molar refractivity (Wildman–Crippen MR) is 62.0 cm³/mol. The SMILES string of the molecule is OCC(Nc1ccccc1)c1cscn1. The summed E-state index contributed by atoms with van der Waals surface area (Å²) in [5.41, 5.74) is 3.64. The van der Waals surface area contributed by atoms with E-state index in [2.05, 4.69) is 10.3 Å². The second-order valence-corrected chi connectivity index (χ2v) is 3.88. The molecule has 0 saturated carbocycles. The molecule has 1 unspecified atom stereocenters. The van der Waals surface area contributed by atoms with Crippen molar-refractivity contribution < 1.29 is 5.11 Å². The van der Waals surface area contributed by atoms with Crippen molar-refractivity contribution >= 4 is 17.0 Å². The minimum Gasteiger partial charge on any atom is -0.394 e. The highest BCUT2D eigenvalue weighted by molar-refractivity contribution is 7.07. The van der Waals surface area contributed by atoms with E-state index >= 15 is 0 Å². The van der Waals surface area contributed by atoms with E-state index in [-0.39, 0.29) is 12.6 Å². The van der Waals surface area contributed by atoms with Gasteiger partial charge in [0.15, 0.2) is 0 Å². The van der Waals surface area contributed by atoms with Crippen LogP contribution in [0.25, 0.3) is 0 Å². The number of rotatable bonds is 4. The number of aliphatic hydroxyl groups is 1. The van der Waals surface area contributed by atoms with Crippen LogP contribution in [0, 0.1) is 0 Å². The lowest BCUT2D eigenvalue weighted by Crippen LogP contribution is -2.14. The van der Waals surface area contributed by atoms with Crippen LogP contribution in [-0.2, 0) is 0 Å². The average molecular weight is 220 g/mol. The Labute approximate surface area is 92.4 Å². The van der Waals surface area contributed by atoms with Crippen molar-refractivity contribution in [1.82, 2.24) is 4.98 Å². The second-order valence-electron chi connectivity index (χ2n) is 3.16. The molecular formula is C11H12N2OS. The lowest BCUT2D eigenvalue weighted by Gasteiger charge is -2.15. The van der Waals surface area contributed by atoms with Gasteiger partial charge in [0.05, 0.1) is 23.9 Å². The van der Waals surface area contributed by atoms with E-state index in [1.54, 1.807) is 5.51 Å². The maximum atomic E-state index is 9.26. The van der Waals surface area contributed by atoms with Gasteiger partial charge in [-0.25, -0.2) is 4.98 Å². The molecule has 1 heterocycles. The Bertz CT molecular complexity index is 388. The van der Waals surface area contributed by atoms with Gasteiger partial charge in [-0.05, 0) is 12.1 Å². The zero-order chi connectivity index (χ0) is 10.5. The Balaban J connectivity index is 2.10. The Morgan fingerprint density at radius 2 is 2.13 bits per heavy atom. The number of benzene rings is 1. The van der Waals surface area contributed by atoms with Crippen molar-refractivity contribution in [2.24, 2.45) is 0 Å². The van der Waals surface area contributed by atoms with Gasteiger partial charge in [0.1, 0.15) is 0 Å². The Kier molecular flexibility index (Phi) is 3.32. The molecule has 0 amide bonds. The van der Waals surface area contributed by atoms with Crippen LogP contribution in [0.3, 0.4) is 0 Å². The fourth-order valence-corrected chi connectivity index (χ4v) is 1.95. The molecule has 1 atom stereocenters. The molecule has 0 aliphatic heterocycles. The Hall–Kier alpha value is -1.39. The monoisotopic (exact) mass is 220 g/mol. The quantitative estimate of drug-likeness (QED) is 0.831. The second kappa shape index (κ2) is 4.91. The van der Waals surface area contributed by atoms with Gasteiger partial charge in [-0.3, -0.25) is 0 Å². The first-order chi connectivity index (χ1) is 7.40. The molecule has 0 aliphatic rings. The number of aromatic nitrogens is 1. The summed E-state index contributed by atoms with van der Waals surface area (Å²) in [5.74, 6) is 0. The normalized spacial score (nSPS) is 12.3. The highest BCUT2D eigenvalue weighted by atomic mass is 32.1. The maximum absolute atomic E-state index is 9.26. The minimum atomic E-state index is -0.126. The summed E-state index contributed by atoms with van der Waals surface area (Å²) in [5, 5.41) is 14.4. The maximum Gasteiger partial charge on any atom is 0.0926 e. The number of thiazole rings is 1. The Morgan fingerprint density at radius 1 is 1.33 bits per heavy atom. The van der Waals surface area contributed by atoms with Crippen LogP contribution in [0.15, 0.2) is 41.2 Å². The van der Waals surface area contributed by atoms with Crippen molar-refractivity contribution in [2.45, 2.75) is 6.04 Å². The molecule has 0 aliphatic carbocycles. The third-order valence-electron chi connectivity index (χ3n) is 2.11.